The Morgan fingerprint density at radius 2 is 1.91 bits per heavy atom. The number of carbonyl (C=O) groups is 1. The summed E-state index contributed by atoms with van der Waals surface area (Å²) in [7, 11) is 0. The van der Waals surface area contributed by atoms with E-state index in [1.807, 2.05) is 0 Å². The first-order valence-electron chi connectivity index (χ1n) is 12.2. The maximum atomic E-state index is 12.6. The Hall–Kier alpha value is -2.77. The number of aromatic nitrogens is 2. The minimum atomic E-state index is -0.376. The minimum Gasteiger partial charge on any atom is -0.365 e. The molecule has 182 valence electrons. The van der Waals surface area contributed by atoms with Crippen LogP contribution in [0.4, 0.5) is 10.8 Å². The number of carbonyl (C=O) groups excluding carboxylic acids is 1. The lowest BCUT2D eigenvalue weighted by Gasteiger charge is -2.33. The number of rotatable bonds is 5. The molecule has 1 aliphatic carbocycles. The van der Waals surface area contributed by atoms with Crippen molar-refractivity contribution in [2.24, 2.45) is 17.1 Å². The van der Waals surface area contributed by atoms with Crippen molar-refractivity contribution < 1.29 is 4.79 Å². The first-order chi connectivity index (χ1) is 16.6. The summed E-state index contributed by atoms with van der Waals surface area (Å²) in [5.74, 6) is 1.41. The monoisotopic (exact) mass is 504 g/mol. The van der Waals surface area contributed by atoms with Crippen LogP contribution in [0.5, 0.6) is 0 Å². The molecule has 4 aromatic rings. The number of nitrogens with zero attached hydrogens (tertiary/aromatic N) is 2. The fourth-order valence-corrected chi connectivity index (χ4v) is 7.26. The molecule has 3 N–H and O–H groups in total. The van der Waals surface area contributed by atoms with Gasteiger partial charge in [0.1, 0.15) is 22.0 Å². The third kappa shape index (κ3) is 4.47. The molecule has 1 aliphatic rings. The molecule has 1 unspecified atom stereocenters. The lowest BCUT2D eigenvalue weighted by molar-refractivity contribution is 0.1000. The number of thiophene rings is 2. The second kappa shape index (κ2) is 9.03. The highest BCUT2D eigenvalue weighted by Crippen LogP contribution is 2.46. The van der Waals surface area contributed by atoms with E-state index < -0.39 is 0 Å². The first kappa shape index (κ1) is 23.9. The van der Waals surface area contributed by atoms with Gasteiger partial charge in [-0.15, -0.1) is 22.7 Å². The van der Waals surface area contributed by atoms with Crippen LogP contribution in [0.2, 0.25) is 0 Å². The summed E-state index contributed by atoms with van der Waals surface area (Å²) < 4.78 is 0. The number of benzene rings is 1. The molecule has 0 saturated carbocycles. The number of anilines is 2. The molecule has 3 heterocycles. The number of nitrogens with two attached hydrogens (primary N) is 1. The van der Waals surface area contributed by atoms with Crippen molar-refractivity contribution in [3.63, 3.8) is 0 Å². The Bertz CT molecular complexity index is 1390. The minimum absolute atomic E-state index is 0.234. The van der Waals surface area contributed by atoms with E-state index in [0.29, 0.717) is 23.2 Å². The molecule has 7 heteroatoms. The number of amides is 1. The maximum absolute atomic E-state index is 12.6. The van der Waals surface area contributed by atoms with Gasteiger partial charge >= 0.3 is 0 Å². The molecule has 5 nitrogen and oxygen atoms in total. The summed E-state index contributed by atoms with van der Waals surface area (Å²) in [6, 6.07) is 8.70. The topological polar surface area (TPSA) is 80.9 Å². The van der Waals surface area contributed by atoms with E-state index in [0.717, 1.165) is 51.2 Å². The molecular formula is C28H32N4OS2. The summed E-state index contributed by atoms with van der Waals surface area (Å²) in [5.41, 5.74) is 11.4. The Balaban J connectivity index is 1.56. The van der Waals surface area contributed by atoms with Gasteiger partial charge in [0.2, 0.25) is 0 Å². The zero-order chi connectivity index (χ0) is 24.9. The zero-order valence-electron chi connectivity index (χ0n) is 20.9. The zero-order valence-corrected chi connectivity index (χ0v) is 22.6. The smallest absolute Gasteiger partial charge is 0.251 e. The summed E-state index contributed by atoms with van der Waals surface area (Å²) in [6.07, 6.45) is 4.53. The van der Waals surface area contributed by atoms with E-state index in [1.165, 1.54) is 10.4 Å². The lowest BCUT2D eigenvalue weighted by Crippen LogP contribution is -2.27. The van der Waals surface area contributed by atoms with Gasteiger partial charge in [-0.25, -0.2) is 9.97 Å². The van der Waals surface area contributed by atoms with Gasteiger partial charge in [-0.3, -0.25) is 4.79 Å². The van der Waals surface area contributed by atoms with Gasteiger partial charge in [-0.2, -0.15) is 0 Å². The molecule has 1 amide bonds. The molecule has 3 aromatic heterocycles. The standard InChI is InChI=1S/C28H32N4OS2/c1-15(2)16-6-8-17(9-7-16)20-13-34-26-23(20)25(30-14-31-26)32-27-22(24(29)33)19-11-10-18(28(3,4)5)12-21(19)35-27/h6-9,13-15,18H,10-12H2,1-5H3,(H2,29,33)(H,30,31,32). The fourth-order valence-electron chi connectivity index (χ4n) is 5.01. The first-order valence-corrected chi connectivity index (χ1v) is 13.9. The highest BCUT2D eigenvalue weighted by Gasteiger charge is 2.33. The molecule has 0 saturated heterocycles. The van der Waals surface area contributed by atoms with E-state index in [-0.39, 0.29) is 11.3 Å². The van der Waals surface area contributed by atoms with Gasteiger partial charge in [0, 0.05) is 15.8 Å². The van der Waals surface area contributed by atoms with E-state index in [4.69, 9.17) is 5.73 Å². The van der Waals surface area contributed by atoms with Crippen LogP contribution in [0, 0.1) is 11.3 Å². The Kier molecular flexibility index (Phi) is 6.18. The summed E-state index contributed by atoms with van der Waals surface area (Å²) in [6.45, 7) is 11.3. The van der Waals surface area contributed by atoms with E-state index >= 15 is 0 Å². The normalized spacial score (nSPS) is 16.0. The maximum Gasteiger partial charge on any atom is 0.251 e. The van der Waals surface area contributed by atoms with Crippen LogP contribution in [0.3, 0.4) is 0 Å². The number of fused-ring (bicyclic) bond motifs is 2. The van der Waals surface area contributed by atoms with Gasteiger partial charge in [0.15, 0.2) is 0 Å². The third-order valence-electron chi connectivity index (χ3n) is 7.23. The largest absolute Gasteiger partial charge is 0.365 e. The van der Waals surface area contributed by atoms with Crippen LogP contribution in [0.25, 0.3) is 21.3 Å². The van der Waals surface area contributed by atoms with Gasteiger partial charge in [0.25, 0.3) is 5.91 Å². The second-order valence-corrected chi connectivity index (χ2v) is 12.8. The summed E-state index contributed by atoms with van der Waals surface area (Å²) in [5, 5.41) is 7.41. The van der Waals surface area contributed by atoms with E-state index in [2.05, 4.69) is 79.5 Å². The molecule has 1 aromatic carbocycles. The fraction of sp³-hybridized carbons (Fsp3) is 0.393. The van der Waals surface area contributed by atoms with Gasteiger partial charge < -0.3 is 11.1 Å². The van der Waals surface area contributed by atoms with Crippen LogP contribution in [-0.2, 0) is 12.8 Å². The molecule has 0 bridgehead atoms. The number of primary amides is 1. The quantitative estimate of drug-likeness (QED) is 0.294. The van der Waals surface area contributed by atoms with Crippen LogP contribution in [0.1, 0.15) is 73.3 Å². The lowest BCUT2D eigenvalue weighted by atomic mass is 9.72. The van der Waals surface area contributed by atoms with Crippen LogP contribution in [0.15, 0.2) is 36.0 Å². The number of hydrogen-bond acceptors (Lipinski definition) is 6. The van der Waals surface area contributed by atoms with E-state index in [1.54, 1.807) is 29.0 Å². The number of hydrogen-bond donors (Lipinski definition) is 2. The summed E-state index contributed by atoms with van der Waals surface area (Å²) >= 11 is 3.26. The van der Waals surface area contributed by atoms with E-state index in [9.17, 15) is 4.79 Å². The molecular weight excluding hydrogens is 472 g/mol. The Morgan fingerprint density at radius 3 is 2.57 bits per heavy atom. The molecule has 0 aliphatic heterocycles. The average molecular weight is 505 g/mol. The molecule has 35 heavy (non-hydrogen) atoms. The van der Waals surface area contributed by atoms with Crippen molar-refractivity contribution in [2.75, 3.05) is 5.32 Å². The van der Waals surface area contributed by atoms with Gasteiger partial charge in [0.05, 0.1) is 10.9 Å². The van der Waals surface area contributed by atoms with Gasteiger partial charge in [-0.05, 0) is 53.2 Å². The predicted octanol–water partition coefficient (Wildman–Crippen LogP) is 7.54. The van der Waals surface area contributed by atoms with Crippen molar-refractivity contribution in [2.45, 2.75) is 59.8 Å². The van der Waals surface area contributed by atoms with Crippen LogP contribution >= 0.6 is 22.7 Å². The molecule has 0 fully saturated rings. The molecule has 0 spiro atoms. The SMILES string of the molecule is CC(C)c1ccc(-c2csc3ncnc(Nc4sc5c(c4C(N)=O)CCC(C(C)(C)C)C5)c23)cc1. The van der Waals surface area contributed by atoms with Crippen molar-refractivity contribution >= 4 is 49.6 Å². The summed E-state index contributed by atoms with van der Waals surface area (Å²) in [4.78, 5) is 23.9. The average Bonchev–Trinajstić information content (AvgIpc) is 3.40. The highest BCUT2D eigenvalue weighted by molar-refractivity contribution is 7.17. The Labute approximate surface area is 214 Å². The van der Waals surface area contributed by atoms with Crippen molar-refractivity contribution in [3.05, 3.63) is 57.5 Å². The van der Waals surface area contributed by atoms with Gasteiger partial charge in [-0.1, -0.05) is 58.9 Å². The molecule has 5 rings (SSSR count). The third-order valence-corrected chi connectivity index (χ3v) is 9.28. The number of nitrogens with one attached hydrogen (secondary N) is 1. The highest BCUT2D eigenvalue weighted by atomic mass is 32.1. The van der Waals surface area contributed by atoms with Crippen LogP contribution < -0.4 is 11.1 Å². The Morgan fingerprint density at radius 1 is 1.17 bits per heavy atom. The van der Waals surface area contributed by atoms with Crippen LogP contribution in [-0.4, -0.2) is 15.9 Å². The molecule has 1 atom stereocenters. The van der Waals surface area contributed by atoms with Crippen molar-refractivity contribution in [1.29, 1.82) is 0 Å². The second-order valence-electron chi connectivity index (χ2n) is 10.8. The van der Waals surface area contributed by atoms with Crippen molar-refractivity contribution in [3.8, 4) is 11.1 Å². The molecule has 0 radical (unpaired) electrons. The predicted molar refractivity (Wildman–Crippen MR) is 148 cm³/mol. The van der Waals surface area contributed by atoms with Crippen molar-refractivity contribution in [1.82, 2.24) is 9.97 Å².